The van der Waals surface area contributed by atoms with Crippen LogP contribution in [0.4, 0.5) is 0 Å². The van der Waals surface area contributed by atoms with Gasteiger partial charge >= 0.3 is 5.97 Å². The summed E-state index contributed by atoms with van der Waals surface area (Å²) in [7, 11) is 0. The molecule has 0 aliphatic rings. The summed E-state index contributed by atoms with van der Waals surface area (Å²) >= 11 is 0. The number of nitrogens with zero attached hydrogens (tertiary/aromatic N) is 2. The summed E-state index contributed by atoms with van der Waals surface area (Å²) in [5.41, 5.74) is 2.26. The van der Waals surface area contributed by atoms with E-state index in [9.17, 15) is 4.79 Å². The lowest BCUT2D eigenvalue weighted by Crippen LogP contribution is -2.13. The lowest BCUT2D eigenvalue weighted by Gasteiger charge is -2.04. The van der Waals surface area contributed by atoms with E-state index in [2.05, 4.69) is 15.3 Å². The van der Waals surface area contributed by atoms with Crippen LogP contribution in [0.3, 0.4) is 0 Å². The summed E-state index contributed by atoms with van der Waals surface area (Å²) in [5.74, 6) is -0.907. The van der Waals surface area contributed by atoms with E-state index in [0.29, 0.717) is 18.7 Å². The number of nitrogens with one attached hydrogen (secondary N) is 1. The Bertz CT molecular complexity index is 512. The van der Waals surface area contributed by atoms with Gasteiger partial charge in [0.05, 0.1) is 11.3 Å². The van der Waals surface area contributed by atoms with Crippen LogP contribution in [0.25, 0.3) is 0 Å². The average Bonchev–Trinajstić information content (AvgIpc) is 2.40. The first kappa shape index (κ1) is 12.2. The second-order valence-corrected chi connectivity index (χ2v) is 3.81. The molecule has 0 amide bonds. The zero-order chi connectivity index (χ0) is 12.8. The Hall–Kier alpha value is -2.27. The molecule has 1 aromatic heterocycles. The number of rotatable bonds is 5. The van der Waals surface area contributed by atoms with Gasteiger partial charge in [0.25, 0.3) is 0 Å². The molecule has 2 rings (SSSR count). The van der Waals surface area contributed by atoms with Crippen molar-refractivity contribution in [3.05, 3.63) is 59.7 Å². The van der Waals surface area contributed by atoms with Crippen LogP contribution in [0.5, 0.6) is 0 Å². The minimum atomic E-state index is -0.907. The van der Waals surface area contributed by atoms with Gasteiger partial charge in [0.2, 0.25) is 0 Å². The van der Waals surface area contributed by atoms with Gasteiger partial charge in [0, 0.05) is 19.3 Å². The van der Waals surface area contributed by atoms with E-state index in [-0.39, 0.29) is 0 Å². The van der Waals surface area contributed by atoms with Crippen molar-refractivity contribution >= 4 is 5.97 Å². The third-order valence-electron chi connectivity index (χ3n) is 2.48. The van der Waals surface area contributed by atoms with E-state index in [1.807, 2.05) is 6.07 Å². The highest BCUT2D eigenvalue weighted by molar-refractivity contribution is 5.87. The Morgan fingerprint density at radius 2 is 1.94 bits per heavy atom. The number of carboxylic acid groups (broad SMARTS) is 1. The smallest absolute Gasteiger partial charge is 0.335 e. The minimum absolute atomic E-state index is 0.301. The molecule has 0 radical (unpaired) electrons. The van der Waals surface area contributed by atoms with Gasteiger partial charge < -0.3 is 10.4 Å². The SMILES string of the molecule is O=C(O)c1ccc(CNCc2ccncn2)cc1. The molecule has 5 nitrogen and oxygen atoms in total. The highest BCUT2D eigenvalue weighted by Crippen LogP contribution is 2.04. The highest BCUT2D eigenvalue weighted by Gasteiger charge is 2.01. The molecule has 1 aromatic carbocycles. The summed E-state index contributed by atoms with van der Waals surface area (Å²) in [6, 6.07) is 8.65. The van der Waals surface area contributed by atoms with Crippen molar-refractivity contribution in [2.45, 2.75) is 13.1 Å². The van der Waals surface area contributed by atoms with E-state index in [0.717, 1.165) is 11.3 Å². The Morgan fingerprint density at radius 3 is 2.56 bits per heavy atom. The number of aromatic carboxylic acids is 1. The van der Waals surface area contributed by atoms with E-state index in [1.165, 1.54) is 6.33 Å². The fraction of sp³-hybridized carbons (Fsp3) is 0.154. The molecule has 0 saturated heterocycles. The standard InChI is InChI=1S/C13H13N3O2/c17-13(18)11-3-1-10(2-4-11)7-15-8-12-5-6-14-9-16-12/h1-6,9,15H,7-8H2,(H,17,18). The van der Waals surface area contributed by atoms with Crippen LogP contribution in [0.15, 0.2) is 42.9 Å². The number of aromatic nitrogens is 2. The number of benzene rings is 1. The van der Waals surface area contributed by atoms with E-state index in [1.54, 1.807) is 30.5 Å². The minimum Gasteiger partial charge on any atom is -0.478 e. The van der Waals surface area contributed by atoms with Crippen LogP contribution in [0.1, 0.15) is 21.6 Å². The van der Waals surface area contributed by atoms with Gasteiger partial charge in [-0.2, -0.15) is 0 Å². The second kappa shape index (κ2) is 5.88. The molecule has 18 heavy (non-hydrogen) atoms. The van der Waals surface area contributed by atoms with E-state index in [4.69, 9.17) is 5.11 Å². The van der Waals surface area contributed by atoms with Crippen molar-refractivity contribution in [1.29, 1.82) is 0 Å². The molecule has 2 aromatic rings. The van der Waals surface area contributed by atoms with Crippen molar-refractivity contribution < 1.29 is 9.90 Å². The lowest BCUT2D eigenvalue weighted by atomic mass is 10.1. The maximum absolute atomic E-state index is 10.7. The zero-order valence-electron chi connectivity index (χ0n) is 9.71. The first-order valence-corrected chi connectivity index (χ1v) is 5.53. The maximum Gasteiger partial charge on any atom is 0.335 e. The van der Waals surface area contributed by atoms with Gasteiger partial charge in [-0.3, -0.25) is 0 Å². The van der Waals surface area contributed by atoms with Gasteiger partial charge in [-0.25, -0.2) is 14.8 Å². The summed E-state index contributed by atoms with van der Waals surface area (Å²) in [5, 5.41) is 12.0. The average molecular weight is 243 g/mol. The molecular weight excluding hydrogens is 230 g/mol. The first-order chi connectivity index (χ1) is 8.75. The number of hydrogen-bond donors (Lipinski definition) is 2. The summed E-state index contributed by atoms with van der Waals surface area (Å²) in [6.07, 6.45) is 3.21. The monoisotopic (exact) mass is 243 g/mol. The molecule has 0 fully saturated rings. The molecule has 0 saturated carbocycles. The van der Waals surface area contributed by atoms with Crippen molar-refractivity contribution in [1.82, 2.24) is 15.3 Å². The number of hydrogen-bond acceptors (Lipinski definition) is 4. The van der Waals surface area contributed by atoms with Gasteiger partial charge in [-0.15, -0.1) is 0 Å². The highest BCUT2D eigenvalue weighted by atomic mass is 16.4. The normalized spacial score (nSPS) is 10.2. The molecule has 5 heteroatoms. The molecule has 0 atom stereocenters. The molecule has 92 valence electrons. The Kier molecular flexibility index (Phi) is 3.98. The summed E-state index contributed by atoms with van der Waals surface area (Å²) < 4.78 is 0. The fourth-order valence-electron chi connectivity index (χ4n) is 1.52. The predicted octanol–water partition coefficient (Wildman–Crippen LogP) is 1.46. The molecule has 0 bridgehead atoms. The fourth-order valence-corrected chi connectivity index (χ4v) is 1.52. The Morgan fingerprint density at radius 1 is 1.17 bits per heavy atom. The zero-order valence-corrected chi connectivity index (χ0v) is 9.71. The maximum atomic E-state index is 10.7. The van der Waals surface area contributed by atoms with Crippen LogP contribution in [-0.4, -0.2) is 21.0 Å². The Labute approximate surface area is 105 Å². The molecule has 0 aliphatic heterocycles. The molecule has 0 unspecified atom stereocenters. The van der Waals surface area contributed by atoms with Crippen LogP contribution < -0.4 is 5.32 Å². The molecule has 2 N–H and O–H groups in total. The predicted molar refractivity (Wildman–Crippen MR) is 66.0 cm³/mol. The molecular formula is C13H13N3O2. The van der Waals surface area contributed by atoms with Crippen LogP contribution in [0.2, 0.25) is 0 Å². The quantitative estimate of drug-likeness (QED) is 0.831. The van der Waals surface area contributed by atoms with Crippen molar-refractivity contribution in [3.8, 4) is 0 Å². The molecule has 1 heterocycles. The van der Waals surface area contributed by atoms with Crippen molar-refractivity contribution in [2.75, 3.05) is 0 Å². The Balaban J connectivity index is 1.85. The molecule has 0 spiro atoms. The van der Waals surface area contributed by atoms with Crippen molar-refractivity contribution in [2.24, 2.45) is 0 Å². The van der Waals surface area contributed by atoms with Crippen LogP contribution >= 0.6 is 0 Å². The largest absolute Gasteiger partial charge is 0.478 e. The number of carboxylic acids is 1. The van der Waals surface area contributed by atoms with Crippen molar-refractivity contribution in [3.63, 3.8) is 0 Å². The van der Waals surface area contributed by atoms with Gasteiger partial charge in [0.1, 0.15) is 6.33 Å². The third kappa shape index (κ3) is 3.36. The first-order valence-electron chi connectivity index (χ1n) is 5.53. The summed E-state index contributed by atoms with van der Waals surface area (Å²) in [6.45, 7) is 1.33. The van der Waals surface area contributed by atoms with Crippen LogP contribution in [0, 0.1) is 0 Å². The van der Waals surface area contributed by atoms with Crippen LogP contribution in [-0.2, 0) is 13.1 Å². The second-order valence-electron chi connectivity index (χ2n) is 3.81. The summed E-state index contributed by atoms with van der Waals surface area (Å²) in [4.78, 5) is 18.6. The topological polar surface area (TPSA) is 75.1 Å². The van der Waals surface area contributed by atoms with Gasteiger partial charge in [-0.05, 0) is 23.8 Å². The lowest BCUT2D eigenvalue weighted by molar-refractivity contribution is 0.0697. The van der Waals surface area contributed by atoms with Gasteiger partial charge in [-0.1, -0.05) is 12.1 Å². The molecule has 0 aliphatic carbocycles. The van der Waals surface area contributed by atoms with Gasteiger partial charge in [0.15, 0.2) is 0 Å². The van der Waals surface area contributed by atoms with E-state index >= 15 is 0 Å². The third-order valence-corrected chi connectivity index (χ3v) is 2.48. The number of carbonyl (C=O) groups is 1. The van der Waals surface area contributed by atoms with E-state index < -0.39 is 5.97 Å².